The third-order valence-corrected chi connectivity index (χ3v) is 5.01. The van der Waals surface area contributed by atoms with Gasteiger partial charge in [-0.2, -0.15) is 0 Å². The number of aliphatic hydroxyl groups excluding tert-OH is 1. The molecular formula is C29H34O4. The van der Waals surface area contributed by atoms with Crippen molar-refractivity contribution in [3.63, 3.8) is 0 Å². The summed E-state index contributed by atoms with van der Waals surface area (Å²) in [4.78, 5) is 10.4. The van der Waals surface area contributed by atoms with E-state index in [0.717, 1.165) is 30.9 Å². The summed E-state index contributed by atoms with van der Waals surface area (Å²) in [6.45, 7) is 2.45. The van der Waals surface area contributed by atoms with Gasteiger partial charge in [-0.05, 0) is 41.3 Å². The summed E-state index contributed by atoms with van der Waals surface area (Å²) in [5, 5.41) is 18.3. The highest BCUT2D eigenvalue weighted by Crippen LogP contribution is 2.17. The van der Waals surface area contributed by atoms with Crippen molar-refractivity contribution >= 4 is 12.0 Å². The molecule has 0 amide bonds. The molecule has 0 radical (unpaired) electrons. The summed E-state index contributed by atoms with van der Waals surface area (Å²) >= 11 is 0. The van der Waals surface area contributed by atoms with Crippen molar-refractivity contribution in [2.24, 2.45) is 0 Å². The first kappa shape index (κ1) is 25.9. The Bertz CT molecular complexity index is 897. The minimum Gasteiger partial charge on any atom is -0.491 e. The molecule has 0 saturated carbocycles. The molecule has 0 bridgehead atoms. The van der Waals surface area contributed by atoms with Crippen molar-refractivity contribution < 1.29 is 19.7 Å². The molecule has 33 heavy (non-hydrogen) atoms. The van der Waals surface area contributed by atoms with E-state index in [1.165, 1.54) is 30.0 Å². The molecule has 0 aliphatic carbocycles. The van der Waals surface area contributed by atoms with Crippen molar-refractivity contribution in [3.05, 3.63) is 96.6 Å². The van der Waals surface area contributed by atoms with Crippen molar-refractivity contribution in [1.29, 1.82) is 0 Å². The second-order valence-corrected chi connectivity index (χ2v) is 7.79. The van der Waals surface area contributed by atoms with Crippen molar-refractivity contribution in [2.75, 3.05) is 6.61 Å². The summed E-state index contributed by atoms with van der Waals surface area (Å²) < 4.78 is 5.51. The van der Waals surface area contributed by atoms with Crippen LogP contribution in [0, 0.1) is 0 Å². The van der Waals surface area contributed by atoms with Gasteiger partial charge in [-0.3, -0.25) is 0 Å². The number of aliphatic hydroxyl groups is 1. The molecule has 0 heterocycles. The molecule has 0 spiro atoms. The lowest BCUT2D eigenvalue weighted by Crippen LogP contribution is -2.17. The number of carbonyl (C=O) groups is 1. The highest BCUT2D eigenvalue weighted by atomic mass is 16.5. The molecule has 0 fully saturated rings. The van der Waals surface area contributed by atoms with Crippen molar-refractivity contribution in [3.8, 4) is 16.9 Å². The highest BCUT2D eigenvalue weighted by Gasteiger charge is 2.05. The zero-order valence-electron chi connectivity index (χ0n) is 19.3. The van der Waals surface area contributed by atoms with Gasteiger partial charge < -0.3 is 14.9 Å². The normalized spacial score (nSPS) is 11.5. The summed E-state index contributed by atoms with van der Waals surface area (Å²) in [6, 6.07) is 27.9. The van der Waals surface area contributed by atoms with Crippen LogP contribution >= 0.6 is 0 Å². The number of hydrogen-bond acceptors (Lipinski definition) is 3. The first-order chi connectivity index (χ1) is 16.1. The number of ether oxygens (including phenoxy) is 1. The van der Waals surface area contributed by atoms with E-state index in [2.05, 4.69) is 55.5 Å². The van der Waals surface area contributed by atoms with Gasteiger partial charge in [0.05, 0.1) is 6.10 Å². The molecule has 0 aromatic heterocycles. The number of carboxylic acids is 1. The van der Waals surface area contributed by atoms with Gasteiger partial charge in [0.2, 0.25) is 0 Å². The van der Waals surface area contributed by atoms with Gasteiger partial charge in [0.15, 0.2) is 0 Å². The Balaban J connectivity index is 0.000000268. The summed E-state index contributed by atoms with van der Waals surface area (Å²) in [7, 11) is 0. The van der Waals surface area contributed by atoms with Gasteiger partial charge in [-0.25, -0.2) is 4.79 Å². The van der Waals surface area contributed by atoms with Crippen LogP contribution in [-0.4, -0.2) is 28.9 Å². The lowest BCUT2D eigenvalue weighted by atomic mass is 10.1. The number of unbranched alkanes of at least 4 members (excludes halogenated alkanes) is 3. The molecule has 2 N–H and O–H groups in total. The Morgan fingerprint density at radius 1 is 0.848 bits per heavy atom. The summed E-state index contributed by atoms with van der Waals surface area (Å²) in [6.07, 6.45) is 7.52. The number of aliphatic carboxylic acids is 1. The maximum absolute atomic E-state index is 10.4. The Morgan fingerprint density at radius 2 is 1.42 bits per heavy atom. The third-order valence-electron chi connectivity index (χ3n) is 5.01. The number of carboxylic acid groups (broad SMARTS) is 1. The van der Waals surface area contributed by atoms with Crippen LogP contribution in [0.25, 0.3) is 17.2 Å². The first-order valence-electron chi connectivity index (χ1n) is 11.5. The minimum absolute atomic E-state index is 0.288. The predicted octanol–water partition coefficient (Wildman–Crippen LogP) is 6.85. The van der Waals surface area contributed by atoms with Crippen LogP contribution < -0.4 is 4.74 Å². The second kappa shape index (κ2) is 15.4. The fraction of sp³-hybridized carbons (Fsp3) is 0.276. The highest BCUT2D eigenvalue weighted by molar-refractivity contribution is 5.85. The quantitative estimate of drug-likeness (QED) is 0.250. The third kappa shape index (κ3) is 11.2. The Labute approximate surface area is 197 Å². The lowest BCUT2D eigenvalue weighted by molar-refractivity contribution is -0.131. The Hall–Kier alpha value is -3.37. The van der Waals surface area contributed by atoms with Gasteiger partial charge in [0.25, 0.3) is 0 Å². The molecule has 0 saturated heterocycles. The SMILES string of the molecule is CCCCCCC(O)COc1ccc(/C=C/C(=O)O)cc1.c1ccc(-c2ccccc2)cc1. The van der Waals surface area contributed by atoms with E-state index in [1.54, 1.807) is 24.3 Å². The largest absolute Gasteiger partial charge is 0.491 e. The topological polar surface area (TPSA) is 66.8 Å². The average Bonchev–Trinajstić information content (AvgIpc) is 2.86. The fourth-order valence-corrected chi connectivity index (χ4v) is 3.19. The lowest BCUT2D eigenvalue weighted by Gasteiger charge is -2.12. The van der Waals surface area contributed by atoms with Gasteiger partial charge in [0, 0.05) is 6.08 Å². The van der Waals surface area contributed by atoms with Gasteiger partial charge in [-0.15, -0.1) is 0 Å². The first-order valence-corrected chi connectivity index (χ1v) is 11.5. The second-order valence-electron chi connectivity index (χ2n) is 7.79. The van der Waals surface area contributed by atoms with E-state index in [-0.39, 0.29) is 6.61 Å². The van der Waals surface area contributed by atoms with Gasteiger partial charge in [0.1, 0.15) is 12.4 Å². The summed E-state index contributed by atoms with van der Waals surface area (Å²) in [5.41, 5.74) is 3.35. The van der Waals surface area contributed by atoms with Crippen LogP contribution in [0.1, 0.15) is 44.6 Å². The fourth-order valence-electron chi connectivity index (χ4n) is 3.19. The van der Waals surface area contributed by atoms with Crippen LogP contribution in [0.4, 0.5) is 0 Å². The maximum atomic E-state index is 10.4. The smallest absolute Gasteiger partial charge is 0.328 e. The zero-order chi connectivity index (χ0) is 23.7. The molecule has 174 valence electrons. The van der Waals surface area contributed by atoms with E-state index in [0.29, 0.717) is 5.75 Å². The molecule has 0 aliphatic heterocycles. The Kier molecular flexibility index (Phi) is 12.1. The van der Waals surface area contributed by atoms with Gasteiger partial charge >= 0.3 is 5.97 Å². The maximum Gasteiger partial charge on any atom is 0.328 e. The van der Waals surface area contributed by atoms with E-state index >= 15 is 0 Å². The molecular weight excluding hydrogens is 412 g/mol. The molecule has 3 rings (SSSR count). The van der Waals surface area contributed by atoms with Crippen molar-refractivity contribution in [1.82, 2.24) is 0 Å². The predicted molar refractivity (Wildman–Crippen MR) is 135 cm³/mol. The van der Waals surface area contributed by atoms with Crippen LogP contribution in [-0.2, 0) is 4.79 Å². The van der Waals surface area contributed by atoms with Crippen molar-refractivity contribution in [2.45, 2.75) is 45.1 Å². The van der Waals surface area contributed by atoms with E-state index in [4.69, 9.17) is 9.84 Å². The molecule has 3 aromatic carbocycles. The number of rotatable bonds is 11. The van der Waals surface area contributed by atoms with E-state index < -0.39 is 12.1 Å². The Morgan fingerprint density at radius 3 is 1.94 bits per heavy atom. The molecule has 4 nitrogen and oxygen atoms in total. The van der Waals surface area contributed by atoms with Crippen LogP contribution in [0.2, 0.25) is 0 Å². The van der Waals surface area contributed by atoms with Gasteiger partial charge in [-0.1, -0.05) is 105 Å². The standard InChI is InChI=1S/C17H24O4.C12H10/c1-2-3-4-5-6-15(18)13-21-16-10-7-14(8-11-16)9-12-17(19)20;1-3-7-11(8-4-1)12-9-5-2-6-10-12/h7-12,15,18H,2-6,13H2,1H3,(H,19,20);1-10H/b12-9+;. The number of hydrogen-bond donors (Lipinski definition) is 2. The number of benzene rings is 3. The summed E-state index contributed by atoms with van der Waals surface area (Å²) in [5.74, 6) is -0.295. The monoisotopic (exact) mass is 446 g/mol. The molecule has 3 aromatic rings. The zero-order valence-corrected chi connectivity index (χ0v) is 19.3. The molecule has 1 atom stereocenters. The van der Waals surface area contributed by atoms with E-state index in [9.17, 15) is 9.90 Å². The van der Waals surface area contributed by atoms with Crippen LogP contribution in [0.15, 0.2) is 91.0 Å². The van der Waals surface area contributed by atoms with Crippen LogP contribution in [0.5, 0.6) is 5.75 Å². The van der Waals surface area contributed by atoms with E-state index in [1.807, 2.05) is 12.1 Å². The van der Waals surface area contributed by atoms with Crippen LogP contribution in [0.3, 0.4) is 0 Å². The average molecular weight is 447 g/mol. The minimum atomic E-state index is -0.971. The molecule has 4 heteroatoms. The molecule has 0 aliphatic rings. The molecule has 1 unspecified atom stereocenters.